The monoisotopic (exact) mass is 418 g/mol. The zero-order chi connectivity index (χ0) is 21.2. The van der Waals surface area contributed by atoms with Gasteiger partial charge < -0.3 is 25.4 Å². The quantitative estimate of drug-likeness (QED) is 0.444. The van der Waals surface area contributed by atoms with E-state index in [4.69, 9.17) is 21.1 Å². The Hall–Kier alpha value is -2.93. The highest BCUT2D eigenvalue weighted by Gasteiger charge is 2.09. The zero-order valence-electron chi connectivity index (χ0n) is 17.1. The molecule has 8 heteroatoms. The zero-order valence-corrected chi connectivity index (χ0v) is 17.9. The number of rotatable bonds is 8. The number of hydrogen-bond donors (Lipinski definition) is 3. The average Bonchev–Trinajstić information content (AvgIpc) is 2.70. The molecule has 3 N–H and O–H groups in total. The Morgan fingerprint density at radius 3 is 2.59 bits per heavy atom. The van der Waals surface area contributed by atoms with Gasteiger partial charge in [0.2, 0.25) is 5.91 Å². The number of carbonyl (C=O) groups excluding carboxylic acids is 1. The predicted molar refractivity (Wildman–Crippen MR) is 119 cm³/mol. The number of aryl methyl sites for hydroxylation is 1. The van der Waals surface area contributed by atoms with Gasteiger partial charge in [-0.3, -0.25) is 9.79 Å². The molecule has 0 heterocycles. The van der Waals surface area contributed by atoms with E-state index in [0.29, 0.717) is 41.3 Å². The molecule has 0 aromatic heterocycles. The Balaban J connectivity index is 1.87. The molecule has 2 aromatic rings. The number of carbonyl (C=O) groups is 1. The summed E-state index contributed by atoms with van der Waals surface area (Å²) >= 11 is 6.15. The average molecular weight is 419 g/mol. The van der Waals surface area contributed by atoms with Crippen molar-refractivity contribution in [3.05, 3.63) is 47.0 Å². The highest BCUT2D eigenvalue weighted by atomic mass is 35.5. The van der Waals surface area contributed by atoms with Gasteiger partial charge in [0, 0.05) is 31.8 Å². The molecule has 2 aromatic carbocycles. The van der Waals surface area contributed by atoms with Crippen LogP contribution in [0.1, 0.15) is 18.9 Å². The Bertz CT molecular complexity index is 871. The van der Waals surface area contributed by atoms with Crippen LogP contribution in [0.2, 0.25) is 5.02 Å². The van der Waals surface area contributed by atoms with Crippen molar-refractivity contribution in [1.82, 2.24) is 5.32 Å². The molecule has 7 nitrogen and oxygen atoms in total. The lowest BCUT2D eigenvalue weighted by atomic mass is 10.2. The largest absolute Gasteiger partial charge is 0.493 e. The van der Waals surface area contributed by atoms with Crippen LogP contribution >= 0.6 is 11.6 Å². The van der Waals surface area contributed by atoms with E-state index in [2.05, 4.69) is 20.9 Å². The fourth-order valence-corrected chi connectivity index (χ4v) is 2.85. The van der Waals surface area contributed by atoms with Crippen LogP contribution in [-0.2, 0) is 4.79 Å². The molecule has 0 radical (unpaired) electrons. The molecule has 1 amide bonds. The summed E-state index contributed by atoms with van der Waals surface area (Å²) in [4.78, 5) is 16.3. The highest BCUT2D eigenvalue weighted by Crippen LogP contribution is 2.30. The molecule has 0 atom stereocenters. The van der Waals surface area contributed by atoms with E-state index in [1.807, 2.05) is 44.2 Å². The van der Waals surface area contributed by atoms with Gasteiger partial charge in [-0.15, -0.1) is 0 Å². The van der Waals surface area contributed by atoms with Crippen molar-refractivity contribution >= 4 is 34.8 Å². The second-order valence-corrected chi connectivity index (χ2v) is 6.61. The van der Waals surface area contributed by atoms with Gasteiger partial charge in [0.05, 0.1) is 24.4 Å². The van der Waals surface area contributed by atoms with Crippen LogP contribution in [0.5, 0.6) is 11.5 Å². The molecular weight excluding hydrogens is 392 g/mol. The lowest BCUT2D eigenvalue weighted by Gasteiger charge is -2.15. The Kier molecular flexibility index (Phi) is 8.61. The molecule has 0 saturated carbocycles. The van der Waals surface area contributed by atoms with E-state index in [1.54, 1.807) is 20.2 Å². The second-order valence-electron chi connectivity index (χ2n) is 6.20. The van der Waals surface area contributed by atoms with Crippen LogP contribution in [0.4, 0.5) is 11.4 Å². The number of aliphatic imine (C=N–C) groups is 1. The predicted octanol–water partition coefficient (Wildman–Crippen LogP) is 4.07. The van der Waals surface area contributed by atoms with Crippen LogP contribution in [0.3, 0.4) is 0 Å². The Morgan fingerprint density at radius 1 is 1.14 bits per heavy atom. The number of hydrogen-bond acceptors (Lipinski definition) is 4. The van der Waals surface area contributed by atoms with Gasteiger partial charge in [0.1, 0.15) is 0 Å². The lowest BCUT2D eigenvalue weighted by molar-refractivity contribution is -0.116. The van der Waals surface area contributed by atoms with Crippen LogP contribution < -0.4 is 25.4 Å². The number of nitrogens with zero attached hydrogens (tertiary/aromatic N) is 1. The SMILES string of the molecule is CCOc1cc(NC(=NC)NCCC(=O)Nc2ccc(C)cc2Cl)ccc1OC. The fourth-order valence-electron chi connectivity index (χ4n) is 2.57. The third-order valence-corrected chi connectivity index (χ3v) is 4.31. The smallest absolute Gasteiger partial charge is 0.226 e. The Morgan fingerprint density at radius 2 is 1.93 bits per heavy atom. The third-order valence-electron chi connectivity index (χ3n) is 3.99. The number of ether oxygens (including phenoxy) is 2. The van der Waals surface area contributed by atoms with Gasteiger partial charge in [-0.05, 0) is 43.7 Å². The minimum atomic E-state index is -0.137. The molecule has 0 fully saturated rings. The van der Waals surface area contributed by atoms with Crippen molar-refractivity contribution in [3.63, 3.8) is 0 Å². The molecule has 0 saturated heterocycles. The van der Waals surface area contributed by atoms with Crippen molar-refractivity contribution in [2.45, 2.75) is 20.3 Å². The van der Waals surface area contributed by atoms with Crippen LogP contribution in [0.15, 0.2) is 41.4 Å². The van der Waals surface area contributed by atoms with E-state index in [9.17, 15) is 4.79 Å². The Labute approximate surface area is 176 Å². The minimum Gasteiger partial charge on any atom is -0.493 e. The van der Waals surface area contributed by atoms with Gasteiger partial charge in [0.25, 0.3) is 0 Å². The summed E-state index contributed by atoms with van der Waals surface area (Å²) in [5.41, 5.74) is 2.43. The number of amides is 1. The maximum Gasteiger partial charge on any atom is 0.226 e. The normalized spacial score (nSPS) is 11.0. The van der Waals surface area contributed by atoms with Crippen molar-refractivity contribution in [2.24, 2.45) is 4.99 Å². The van der Waals surface area contributed by atoms with E-state index in [0.717, 1.165) is 11.3 Å². The van der Waals surface area contributed by atoms with Crippen LogP contribution in [-0.4, -0.2) is 39.2 Å². The van der Waals surface area contributed by atoms with Gasteiger partial charge in [-0.25, -0.2) is 0 Å². The molecular formula is C21H27ClN4O3. The summed E-state index contributed by atoms with van der Waals surface area (Å²) in [6.45, 7) is 4.80. The minimum absolute atomic E-state index is 0.137. The molecule has 0 spiro atoms. The van der Waals surface area contributed by atoms with Crippen LogP contribution in [0, 0.1) is 6.92 Å². The molecule has 0 aliphatic carbocycles. The number of anilines is 2. The van der Waals surface area contributed by atoms with E-state index >= 15 is 0 Å². The maximum absolute atomic E-state index is 12.2. The highest BCUT2D eigenvalue weighted by molar-refractivity contribution is 6.33. The van der Waals surface area contributed by atoms with E-state index in [1.165, 1.54) is 0 Å². The van der Waals surface area contributed by atoms with Gasteiger partial charge in [-0.1, -0.05) is 17.7 Å². The fraction of sp³-hybridized carbons (Fsp3) is 0.333. The number of halogens is 1. The summed E-state index contributed by atoms with van der Waals surface area (Å²) in [5, 5.41) is 9.61. The number of benzene rings is 2. The summed E-state index contributed by atoms with van der Waals surface area (Å²) in [5.74, 6) is 1.71. The topological polar surface area (TPSA) is 84.0 Å². The van der Waals surface area contributed by atoms with Crippen molar-refractivity contribution < 1.29 is 14.3 Å². The standard InChI is InChI=1S/C21H27ClN4O3/c1-5-29-19-13-15(7-9-18(19)28-4)25-21(23-3)24-11-10-20(27)26-17-8-6-14(2)12-16(17)22/h6-9,12-13H,5,10-11H2,1-4H3,(H,26,27)(H2,23,24,25). The van der Waals surface area contributed by atoms with Crippen LogP contribution in [0.25, 0.3) is 0 Å². The maximum atomic E-state index is 12.2. The van der Waals surface area contributed by atoms with Gasteiger partial charge in [0.15, 0.2) is 17.5 Å². The molecule has 0 bridgehead atoms. The summed E-state index contributed by atoms with van der Waals surface area (Å²) in [6, 6.07) is 11.0. The molecule has 0 aliphatic heterocycles. The third kappa shape index (κ3) is 6.87. The van der Waals surface area contributed by atoms with Crippen molar-refractivity contribution in [2.75, 3.05) is 37.9 Å². The first-order chi connectivity index (χ1) is 14.0. The molecule has 0 unspecified atom stereocenters. The molecule has 2 rings (SSSR count). The number of methoxy groups -OCH3 is 1. The van der Waals surface area contributed by atoms with E-state index in [-0.39, 0.29) is 12.3 Å². The van der Waals surface area contributed by atoms with Gasteiger partial charge >= 0.3 is 0 Å². The lowest BCUT2D eigenvalue weighted by Crippen LogP contribution is -2.33. The van der Waals surface area contributed by atoms with Crippen molar-refractivity contribution in [1.29, 1.82) is 0 Å². The first-order valence-corrected chi connectivity index (χ1v) is 9.69. The van der Waals surface area contributed by atoms with Crippen molar-refractivity contribution in [3.8, 4) is 11.5 Å². The molecule has 29 heavy (non-hydrogen) atoms. The summed E-state index contributed by atoms with van der Waals surface area (Å²) in [7, 11) is 3.26. The summed E-state index contributed by atoms with van der Waals surface area (Å²) in [6.07, 6.45) is 0.262. The van der Waals surface area contributed by atoms with Gasteiger partial charge in [-0.2, -0.15) is 0 Å². The molecule has 156 valence electrons. The second kappa shape index (κ2) is 11.2. The molecule has 0 aliphatic rings. The van der Waals surface area contributed by atoms with E-state index < -0.39 is 0 Å². The first kappa shape index (κ1) is 22.4. The summed E-state index contributed by atoms with van der Waals surface area (Å²) < 4.78 is 10.9. The number of guanidine groups is 1. The first-order valence-electron chi connectivity index (χ1n) is 9.31. The number of nitrogens with one attached hydrogen (secondary N) is 3.